The van der Waals surface area contributed by atoms with Crippen LogP contribution in [0.25, 0.3) is 163 Å². The van der Waals surface area contributed by atoms with Gasteiger partial charge in [0.25, 0.3) is 0 Å². The van der Waals surface area contributed by atoms with Crippen LogP contribution in [0.2, 0.25) is 35.2 Å². The number of methoxy groups -OCH3 is 1. The standard InChI is InChI=1S/C19H14ClF2N3.C19H12ClFN4O.C18H11Cl2FN4.2C18H12ClFN4.C18H13ClN4/c1-25-10-24-15-7-4-11(9-16(15)25)12-3-2-8-23-19(12)13-5-6-14(21)17(20)18(13)22;1-26-19-18-16(23-10-24-19)7-6-15(25-18)12-3-2-8-22-17(12)11-4-5-14(21)13(20)9-11;1-10-5-16-23-9-24-25(16)8-13(10)12-3-2-4-22-18(12)11-6-14(19)17(21)15(20)7-11;1-11-7-17-22-10-23-24(17)9-14(11)13-3-2-6-21-18(13)12-4-5-16(20)15(19)8-12;1-11-7-17-22-10-23-24(17)9-15(11)13-3-2-6-21-18(13)14-8-12(19)4-5-16(14)20;1-12-8-17-21-11-22-23(17)10-16(12)15-6-3-7-20-18(15)13-4-2-5-14(19)9-13/h2-10,15-16H,1H3;2-10H,1H3;2-9H,1H3;2*2-10H,1H3;2-11H,1H3. The van der Waals surface area contributed by atoms with Gasteiger partial charge >= 0.3 is 0 Å². The Bertz CT molecular complexity index is 8890. The normalized spacial score (nSPS) is 12.8. The molecule has 147 heavy (non-hydrogen) atoms. The largest absolute Gasteiger partial charge is 0.479 e. The summed E-state index contributed by atoms with van der Waals surface area (Å²) in [6.45, 7) is 8.05. The maximum atomic E-state index is 14.5. The van der Waals surface area contributed by atoms with E-state index in [0.717, 1.165) is 135 Å². The van der Waals surface area contributed by atoms with Crippen molar-refractivity contribution in [1.82, 2.24) is 108 Å². The molecule has 2 aliphatic rings. The second-order valence-corrected chi connectivity index (χ2v) is 36.2. The van der Waals surface area contributed by atoms with Crippen LogP contribution in [0, 0.1) is 62.6 Å². The Balaban J connectivity index is 0.000000111. The summed E-state index contributed by atoms with van der Waals surface area (Å²) in [4.78, 5) is 62.8. The Labute approximate surface area is 869 Å². The quantitative estimate of drug-likeness (QED) is 0.0767. The van der Waals surface area contributed by atoms with Crippen molar-refractivity contribution in [3.63, 3.8) is 0 Å². The maximum absolute atomic E-state index is 14.5. The molecule has 17 heterocycles. The molecule has 0 N–H and O–H groups in total. The fourth-order valence-electron chi connectivity index (χ4n) is 16.9. The Morgan fingerprint density at radius 2 is 0.741 bits per heavy atom. The molecule has 0 fully saturated rings. The lowest BCUT2D eigenvalue weighted by Gasteiger charge is -2.24. The number of nitrogens with zero attached hydrogens (tertiary/aromatic N) is 23. The highest BCUT2D eigenvalue weighted by atomic mass is 35.5. The first-order chi connectivity index (χ1) is 71.3. The van der Waals surface area contributed by atoms with Gasteiger partial charge < -0.3 is 9.64 Å². The fourth-order valence-corrected chi connectivity index (χ4v) is 18.2. The molecule has 37 heteroatoms. The van der Waals surface area contributed by atoms with Crippen LogP contribution in [-0.4, -0.2) is 141 Å². The molecule has 0 spiro atoms. The average Bonchev–Trinajstić information content (AvgIpc) is 1.78. The van der Waals surface area contributed by atoms with Crippen LogP contribution in [-0.2, 0) is 0 Å². The highest BCUT2D eigenvalue weighted by Gasteiger charge is 2.30. The van der Waals surface area contributed by atoms with Crippen LogP contribution in [0.15, 0.2) is 329 Å². The predicted molar refractivity (Wildman–Crippen MR) is 564 cm³/mol. The molecule has 0 saturated carbocycles. The second kappa shape index (κ2) is 43.6. The zero-order chi connectivity index (χ0) is 102. The van der Waals surface area contributed by atoms with E-state index in [1.807, 2.05) is 197 Å². The van der Waals surface area contributed by atoms with Gasteiger partial charge in [-0.05, 0) is 225 Å². The first-order valence-electron chi connectivity index (χ1n) is 44.9. The fraction of sp³-hybridized carbons (Fsp3) is 0.0727. The molecule has 22 aromatic rings. The molecule has 2 atom stereocenters. The number of aryl methyl sites for hydroxylation is 4. The number of fused-ring (bicyclic) bond motifs is 6. The van der Waals surface area contributed by atoms with Gasteiger partial charge in [-0.1, -0.05) is 142 Å². The summed E-state index contributed by atoms with van der Waals surface area (Å²) in [6.07, 6.45) is 33.1. The van der Waals surface area contributed by atoms with Gasteiger partial charge in [0, 0.05) is 168 Å². The Morgan fingerprint density at radius 1 is 0.327 bits per heavy atom. The Kier molecular flexibility index (Phi) is 29.5. The van der Waals surface area contributed by atoms with E-state index >= 15 is 0 Å². The summed E-state index contributed by atoms with van der Waals surface area (Å²) in [5, 5.41) is 17.4. The van der Waals surface area contributed by atoms with Gasteiger partial charge in [0.15, 0.2) is 39.7 Å². The van der Waals surface area contributed by atoms with Gasteiger partial charge in [-0.2, -0.15) is 25.4 Å². The van der Waals surface area contributed by atoms with E-state index < -0.39 is 34.1 Å². The molecule has 0 saturated heterocycles. The number of ether oxygens (including phenoxy) is 1. The van der Waals surface area contributed by atoms with Crippen molar-refractivity contribution < 1.29 is 31.1 Å². The molecule has 1 aliphatic carbocycles. The summed E-state index contributed by atoms with van der Waals surface area (Å²) >= 11 is 41.7. The number of allylic oxidation sites excluding steroid dienone is 2. The lowest BCUT2D eigenvalue weighted by Crippen LogP contribution is -2.32. The molecular weight excluding hydrogens is 2020 g/mol. The molecular formula is C110H74Cl7F6N23O. The van der Waals surface area contributed by atoms with Crippen molar-refractivity contribution >= 4 is 127 Å². The third kappa shape index (κ3) is 21.3. The number of benzene rings is 6. The van der Waals surface area contributed by atoms with Crippen LogP contribution in [0.5, 0.6) is 5.88 Å². The third-order valence-electron chi connectivity index (χ3n) is 24.0. The van der Waals surface area contributed by atoms with Gasteiger partial charge in [-0.15, -0.1) is 0 Å². The van der Waals surface area contributed by atoms with Crippen LogP contribution in [0.4, 0.5) is 26.3 Å². The minimum absolute atomic E-state index is 0.0393. The first kappa shape index (κ1) is 99.3. The van der Waals surface area contributed by atoms with E-state index in [0.29, 0.717) is 72.1 Å². The SMILES string of the molecule is CN1C=NC2C=CC(c3cccnc3-c3ccc(F)c(Cl)c3F)=CC21.COc1ncnc2ccc(-c3cccnc3-c3ccc(F)c(Cl)c3)nc12.Cc1cc2ncnn2cc1-c1cccnc1-c1cc(Cl)c(F)c(Cl)c1.Cc1cc2ncnn2cc1-c1cccnc1-c1cc(Cl)ccc1F.Cc1cc2ncnn2cc1-c1cccnc1-c1ccc(F)c(Cl)c1.Cc1cc2ncnn2cc1-c1cccnc1-c1cccc(Cl)c1. The predicted octanol–water partition coefficient (Wildman–Crippen LogP) is 27.7. The number of hydrogen-bond donors (Lipinski definition) is 0. The van der Waals surface area contributed by atoms with E-state index in [9.17, 15) is 26.3 Å². The molecule has 726 valence electrons. The minimum Gasteiger partial charge on any atom is -0.479 e. The smallest absolute Gasteiger partial charge is 0.243 e. The molecule has 0 bridgehead atoms. The van der Waals surface area contributed by atoms with Gasteiger partial charge in [0.2, 0.25) is 5.88 Å². The number of rotatable bonds is 13. The number of hydrogen-bond acceptors (Lipinski definition) is 20. The van der Waals surface area contributed by atoms with Crippen molar-refractivity contribution in [2.75, 3.05) is 14.2 Å². The molecule has 1 aliphatic heterocycles. The highest BCUT2D eigenvalue weighted by Crippen LogP contribution is 2.44. The molecule has 16 aromatic heterocycles. The number of halogens is 13. The van der Waals surface area contributed by atoms with E-state index in [4.69, 9.17) is 85.9 Å². The van der Waals surface area contributed by atoms with Crippen molar-refractivity contribution in [3.8, 4) is 129 Å². The Hall–Kier alpha value is -16.5. The summed E-state index contributed by atoms with van der Waals surface area (Å²) < 4.78 is 95.2. The maximum Gasteiger partial charge on any atom is 0.243 e. The number of pyridine rings is 11. The van der Waals surface area contributed by atoms with Gasteiger partial charge in [0.05, 0.1) is 91.0 Å². The summed E-state index contributed by atoms with van der Waals surface area (Å²) in [5.41, 5.74) is 26.8. The zero-order valence-electron chi connectivity index (χ0n) is 77.9. The van der Waals surface area contributed by atoms with Crippen LogP contribution in [0.3, 0.4) is 0 Å². The van der Waals surface area contributed by atoms with E-state index in [1.54, 1.807) is 98.0 Å². The topological polar surface area (TPSA) is 262 Å². The monoisotopic (exact) mass is 2090 g/mol. The number of aromatic nitrogens is 21. The van der Waals surface area contributed by atoms with Crippen LogP contribution < -0.4 is 4.74 Å². The number of likely N-dealkylation sites (N-methyl/N-ethyl adjacent to an activating group) is 1. The summed E-state index contributed by atoms with van der Waals surface area (Å²) in [6, 6.07) is 61.4. The van der Waals surface area contributed by atoms with E-state index in [2.05, 4.69) is 109 Å². The molecule has 24 nitrogen and oxygen atoms in total. The molecule has 0 amide bonds. The molecule has 2 unspecified atom stereocenters. The van der Waals surface area contributed by atoms with Crippen LogP contribution >= 0.6 is 81.2 Å². The minimum atomic E-state index is -0.804. The van der Waals surface area contributed by atoms with Gasteiger partial charge in [0.1, 0.15) is 59.9 Å². The van der Waals surface area contributed by atoms with Crippen molar-refractivity contribution in [2.24, 2.45) is 4.99 Å². The molecule has 0 radical (unpaired) electrons. The second-order valence-electron chi connectivity index (χ2n) is 33.3. The molecule has 24 rings (SSSR count). The lowest BCUT2D eigenvalue weighted by atomic mass is 9.91. The highest BCUT2D eigenvalue weighted by molar-refractivity contribution is 6.35. The summed E-state index contributed by atoms with van der Waals surface area (Å²) in [7, 11) is 3.50. The van der Waals surface area contributed by atoms with E-state index in [-0.39, 0.29) is 43.6 Å². The molecule has 6 aromatic carbocycles. The van der Waals surface area contributed by atoms with Crippen molar-refractivity contribution in [1.29, 1.82) is 0 Å². The number of aliphatic imine (C=N–C) groups is 1. The van der Waals surface area contributed by atoms with Crippen molar-refractivity contribution in [2.45, 2.75) is 39.8 Å². The average molecular weight is 2100 g/mol. The van der Waals surface area contributed by atoms with Gasteiger partial charge in [-0.25, -0.2) is 74.3 Å². The van der Waals surface area contributed by atoms with Crippen molar-refractivity contribution in [3.05, 3.63) is 422 Å². The zero-order valence-corrected chi connectivity index (χ0v) is 83.2. The Morgan fingerprint density at radius 3 is 1.22 bits per heavy atom. The first-order valence-corrected chi connectivity index (χ1v) is 47.6. The van der Waals surface area contributed by atoms with E-state index in [1.165, 1.54) is 74.9 Å². The third-order valence-corrected chi connectivity index (χ3v) is 26.0. The van der Waals surface area contributed by atoms with Crippen LogP contribution in [0.1, 0.15) is 27.8 Å². The summed E-state index contributed by atoms with van der Waals surface area (Å²) in [5.74, 6) is -3.11. The lowest BCUT2D eigenvalue weighted by molar-refractivity contribution is 0.401. The van der Waals surface area contributed by atoms with Gasteiger partial charge in [-0.3, -0.25) is 34.9 Å².